The third kappa shape index (κ3) is 3.54. The molecule has 0 unspecified atom stereocenters. The number of carbonyl (C=O) groups excluding carboxylic acids is 2. The van der Waals surface area contributed by atoms with E-state index in [0.717, 1.165) is 11.8 Å². The second kappa shape index (κ2) is 5.83. The molecule has 0 atom stereocenters. The summed E-state index contributed by atoms with van der Waals surface area (Å²) in [6.07, 6.45) is 0. The van der Waals surface area contributed by atoms with E-state index in [1.807, 2.05) is 0 Å². The number of hydrogen-bond acceptors (Lipinski definition) is 4. The Kier molecular flexibility index (Phi) is 4.16. The fraction of sp³-hybridized carbons (Fsp3) is 0.250. The van der Waals surface area contributed by atoms with Gasteiger partial charge >= 0.3 is 0 Å². The number of hydrogen-bond donors (Lipinski definition) is 2. The Labute approximate surface area is 113 Å². The van der Waals surface area contributed by atoms with Crippen molar-refractivity contribution in [1.82, 2.24) is 5.32 Å². The highest BCUT2D eigenvalue weighted by Gasteiger charge is 2.16. The fourth-order valence-electron chi connectivity index (χ4n) is 1.56. The Bertz CT molecular complexity index is 560. The molecule has 0 aliphatic carbocycles. The van der Waals surface area contributed by atoms with Gasteiger partial charge in [-0.1, -0.05) is 11.8 Å². The van der Waals surface area contributed by atoms with E-state index in [1.165, 1.54) is 30.8 Å². The van der Waals surface area contributed by atoms with E-state index >= 15 is 0 Å². The molecule has 0 fully saturated rings. The summed E-state index contributed by atoms with van der Waals surface area (Å²) in [4.78, 5) is 26.9. The minimum atomic E-state index is -0.643. The smallest absolute Gasteiger partial charge is 0.260 e. The summed E-state index contributed by atoms with van der Waals surface area (Å²) in [5.74, 6) is -0.689. The van der Waals surface area contributed by atoms with Gasteiger partial charge in [-0.3, -0.25) is 14.6 Å². The molecule has 0 saturated heterocycles. The molecule has 19 heavy (non-hydrogen) atoms. The molecule has 0 spiro atoms. The number of rotatable bonds is 2. The van der Waals surface area contributed by atoms with Crippen molar-refractivity contribution in [3.63, 3.8) is 0 Å². The van der Waals surface area contributed by atoms with Crippen molar-refractivity contribution in [2.75, 3.05) is 17.6 Å². The van der Waals surface area contributed by atoms with Crippen molar-refractivity contribution in [3.05, 3.63) is 29.6 Å². The first kappa shape index (κ1) is 13.5. The van der Waals surface area contributed by atoms with Crippen LogP contribution in [0.1, 0.15) is 17.3 Å². The van der Waals surface area contributed by atoms with Crippen LogP contribution in [0.15, 0.2) is 23.2 Å². The van der Waals surface area contributed by atoms with Gasteiger partial charge in [0.25, 0.3) is 5.91 Å². The number of carbonyl (C=O) groups is 2. The first-order valence-electron chi connectivity index (χ1n) is 5.62. The highest BCUT2D eigenvalue weighted by atomic mass is 32.2. The number of benzene rings is 1. The maximum atomic E-state index is 13.6. The number of amides is 2. The van der Waals surface area contributed by atoms with Crippen LogP contribution in [0.25, 0.3) is 0 Å². The Morgan fingerprint density at radius 2 is 2.16 bits per heavy atom. The van der Waals surface area contributed by atoms with Crippen molar-refractivity contribution in [3.8, 4) is 0 Å². The summed E-state index contributed by atoms with van der Waals surface area (Å²) in [7, 11) is 0. The van der Waals surface area contributed by atoms with Crippen LogP contribution in [-0.2, 0) is 4.79 Å². The van der Waals surface area contributed by atoms with Gasteiger partial charge in [0.05, 0.1) is 12.1 Å². The van der Waals surface area contributed by atoms with E-state index in [9.17, 15) is 14.0 Å². The lowest BCUT2D eigenvalue weighted by Crippen LogP contribution is -2.28. The summed E-state index contributed by atoms with van der Waals surface area (Å²) in [5.41, 5.74) is 0.251. The Morgan fingerprint density at radius 3 is 2.79 bits per heavy atom. The van der Waals surface area contributed by atoms with Crippen molar-refractivity contribution >= 4 is 34.4 Å². The lowest BCUT2D eigenvalue weighted by Gasteiger charge is -2.08. The van der Waals surface area contributed by atoms with Crippen LogP contribution in [0.2, 0.25) is 0 Å². The number of thioether (sulfide) groups is 1. The molecule has 1 aromatic rings. The topological polar surface area (TPSA) is 70.6 Å². The first-order valence-corrected chi connectivity index (χ1v) is 6.60. The van der Waals surface area contributed by atoms with Crippen LogP contribution in [0.4, 0.5) is 10.1 Å². The van der Waals surface area contributed by atoms with Crippen molar-refractivity contribution < 1.29 is 14.0 Å². The molecule has 2 N–H and O–H groups in total. The molecule has 0 bridgehead atoms. The van der Waals surface area contributed by atoms with E-state index < -0.39 is 11.7 Å². The maximum Gasteiger partial charge on any atom is 0.260 e. The fourth-order valence-corrected chi connectivity index (χ4v) is 2.28. The number of nitrogens with one attached hydrogen (secondary N) is 2. The molecular weight excluding hydrogens is 269 g/mol. The molecule has 1 aliphatic rings. The van der Waals surface area contributed by atoms with Crippen LogP contribution in [0.3, 0.4) is 0 Å². The van der Waals surface area contributed by atoms with Crippen LogP contribution < -0.4 is 10.6 Å². The van der Waals surface area contributed by atoms with E-state index in [2.05, 4.69) is 15.6 Å². The number of anilines is 1. The highest BCUT2D eigenvalue weighted by molar-refractivity contribution is 8.14. The Morgan fingerprint density at radius 1 is 1.37 bits per heavy atom. The third-order valence-electron chi connectivity index (χ3n) is 2.34. The van der Waals surface area contributed by atoms with E-state index in [0.29, 0.717) is 17.4 Å². The monoisotopic (exact) mass is 281 g/mol. The van der Waals surface area contributed by atoms with Gasteiger partial charge in [0.15, 0.2) is 5.17 Å². The van der Waals surface area contributed by atoms with E-state index in [-0.39, 0.29) is 11.5 Å². The third-order valence-corrected chi connectivity index (χ3v) is 3.23. The largest absolute Gasteiger partial charge is 0.326 e. The van der Waals surface area contributed by atoms with E-state index in [1.54, 1.807) is 0 Å². The molecule has 0 radical (unpaired) electrons. The van der Waals surface area contributed by atoms with Crippen LogP contribution in [-0.4, -0.2) is 29.3 Å². The summed E-state index contributed by atoms with van der Waals surface area (Å²) in [6, 6.07) is 3.84. The van der Waals surface area contributed by atoms with Crippen molar-refractivity contribution in [2.24, 2.45) is 4.99 Å². The zero-order valence-electron chi connectivity index (χ0n) is 10.2. The molecule has 7 heteroatoms. The van der Waals surface area contributed by atoms with Crippen LogP contribution >= 0.6 is 11.8 Å². The summed E-state index contributed by atoms with van der Waals surface area (Å²) >= 11 is 1.41. The second-order valence-corrected chi connectivity index (χ2v) is 4.95. The number of halogens is 1. The standard InChI is InChI=1S/C12H12FN3O2S/c1-7(17)15-8-2-3-10(13)9(6-8)11(18)16-12-14-4-5-19-12/h2-3,6H,4-5H2,1H3,(H,15,17)(H,14,16,18). The van der Waals surface area contributed by atoms with Crippen molar-refractivity contribution in [1.29, 1.82) is 0 Å². The normalized spacial score (nSPS) is 13.9. The molecular formula is C12H12FN3O2S. The Hall–Kier alpha value is -1.89. The molecule has 0 aromatic heterocycles. The minimum absolute atomic E-state index is 0.124. The number of aliphatic imine (C=N–C) groups is 1. The second-order valence-electron chi connectivity index (χ2n) is 3.87. The Balaban J connectivity index is 2.17. The average Bonchev–Trinajstić information content (AvgIpc) is 2.83. The van der Waals surface area contributed by atoms with Gasteiger partial charge in [0, 0.05) is 18.4 Å². The maximum absolute atomic E-state index is 13.6. The molecule has 2 rings (SSSR count). The van der Waals surface area contributed by atoms with Crippen molar-refractivity contribution in [2.45, 2.75) is 6.92 Å². The van der Waals surface area contributed by atoms with Crippen LogP contribution in [0, 0.1) is 5.82 Å². The van der Waals surface area contributed by atoms with E-state index in [4.69, 9.17) is 0 Å². The predicted molar refractivity (Wildman–Crippen MR) is 72.9 cm³/mol. The predicted octanol–water partition coefficient (Wildman–Crippen LogP) is 1.62. The molecule has 5 nitrogen and oxygen atoms in total. The molecule has 1 heterocycles. The van der Waals surface area contributed by atoms with Gasteiger partial charge in [-0.25, -0.2) is 4.39 Å². The SMILES string of the molecule is CC(=O)Nc1ccc(F)c(C(=O)NC2=NCCS2)c1. The zero-order chi connectivity index (χ0) is 13.8. The minimum Gasteiger partial charge on any atom is -0.326 e. The lowest BCUT2D eigenvalue weighted by molar-refractivity contribution is -0.114. The summed E-state index contributed by atoms with van der Waals surface area (Å²) in [6.45, 7) is 1.99. The molecule has 2 amide bonds. The molecule has 1 aliphatic heterocycles. The summed E-state index contributed by atoms with van der Waals surface area (Å²) < 4.78 is 13.6. The van der Waals surface area contributed by atoms with Gasteiger partial charge in [-0.05, 0) is 18.2 Å². The molecule has 100 valence electrons. The quantitative estimate of drug-likeness (QED) is 0.865. The average molecular weight is 281 g/mol. The van der Waals surface area contributed by atoms with Gasteiger partial charge in [0.2, 0.25) is 5.91 Å². The number of amidine groups is 1. The lowest BCUT2D eigenvalue weighted by atomic mass is 10.1. The van der Waals surface area contributed by atoms with Gasteiger partial charge in [-0.2, -0.15) is 0 Å². The van der Waals surface area contributed by atoms with Gasteiger partial charge in [0.1, 0.15) is 5.82 Å². The number of nitrogens with zero attached hydrogens (tertiary/aromatic N) is 1. The van der Waals surface area contributed by atoms with Gasteiger partial charge < -0.3 is 10.6 Å². The molecule has 0 saturated carbocycles. The first-order chi connectivity index (χ1) is 9.06. The highest BCUT2D eigenvalue weighted by Crippen LogP contribution is 2.16. The van der Waals surface area contributed by atoms with Crippen LogP contribution in [0.5, 0.6) is 0 Å². The summed E-state index contributed by atoms with van der Waals surface area (Å²) in [5, 5.41) is 5.53. The zero-order valence-corrected chi connectivity index (χ0v) is 11.0. The van der Waals surface area contributed by atoms with Gasteiger partial charge in [-0.15, -0.1) is 0 Å². The molecule has 1 aromatic carbocycles.